The summed E-state index contributed by atoms with van der Waals surface area (Å²) in [7, 11) is 0. The van der Waals surface area contributed by atoms with Crippen LogP contribution in [0.2, 0.25) is 0 Å². The normalized spacial score (nSPS) is 25.9. The van der Waals surface area contributed by atoms with E-state index >= 15 is 0 Å². The number of benzene rings is 1. The second-order valence-electron chi connectivity index (χ2n) is 8.27. The van der Waals surface area contributed by atoms with Gasteiger partial charge in [-0.05, 0) is 31.2 Å². The summed E-state index contributed by atoms with van der Waals surface area (Å²) in [6.45, 7) is 5.25. The van der Waals surface area contributed by atoms with Crippen molar-refractivity contribution in [3.05, 3.63) is 35.9 Å². The summed E-state index contributed by atoms with van der Waals surface area (Å²) < 4.78 is 10.9. The standard InChI is InChI=1S/C24H33NO5/c1-3-5-14-29-23(27)20-18-12-13-19(25(18)16-17-10-8-7-9-11-17)21(22(20)26)24(28)30-15-6-4-2/h7-11,18-21H,3-6,12-16H2,1-2H3/t18-,19+,20?,21?. The molecule has 30 heavy (non-hydrogen) atoms. The lowest BCUT2D eigenvalue weighted by atomic mass is 9.81. The average Bonchev–Trinajstić information content (AvgIpc) is 3.04. The van der Waals surface area contributed by atoms with Crippen LogP contribution in [-0.2, 0) is 30.4 Å². The fourth-order valence-corrected chi connectivity index (χ4v) is 4.60. The fraction of sp³-hybridized carbons (Fsp3) is 0.625. The molecule has 4 atom stereocenters. The van der Waals surface area contributed by atoms with Crippen molar-refractivity contribution in [2.24, 2.45) is 11.8 Å². The third-order valence-corrected chi connectivity index (χ3v) is 6.19. The van der Waals surface area contributed by atoms with Gasteiger partial charge in [-0.15, -0.1) is 0 Å². The van der Waals surface area contributed by atoms with Crippen LogP contribution < -0.4 is 0 Å². The van der Waals surface area contributed by atoms with E-state index in [0.29, 0.717) is 32.6 Å². The Morgan fingerprint density at radius 1 is 0.900 bits per heavy atom. The number of unbranched alkanes of at least 4 members (excludes halogenated alkanes) is 2. The van der Waals surface area contributed by atoms with Crippen molar-refractivity contribution >= 4 is 17.7 Å². The van der Waals surface area contributed by atoms with Crippen molar-refractivity contribution in [1.82, 2.24) is 4.90 Å². The maximum absolute atomic E-state index is 13.3. The van der Waals surface area contributed by atoms with Crippen LogP contribution in [0.15, 0.2) is 30.3 Å². The number of piperidine rings is 1. The number of ether oxygens (including phenoxy) is 2. The van der Waals surface area contributed by atoms with Gasteiger partial charge in [-0.25, -0.2) is 0 Å². The summed E-state index contributed by atoms with van der Waals surface area (Å²) in [4.78, 5) is 41.2. The summed E-state index contributed by atoms with van der Waals surface area (Å²) in [5.74, 6) is -3.16. The molecule has 0 aromatic heterocycles. The number of Topliss-reactive ketones (excluding diaryl/α,β-unsaturated/α-hetero) is 1. The first-order valence-corrected chi connectivity index (χ1v) is 11.2. The molecule has 3 rings (SSSR count). The molecule has 164 valence electrons. The highest BCUT2D eigenvalue weighted by atomic mass is 16.5. The second-order valence-corrected chi connectivity index (χ2v) is 8.27. The first-order chi connectivity index (χ1) is 14.6. The van der Waals surface area contributed by atoms with Crippen molar-refractivity contribution in [3.63, 3.8) is 0 Å². The fourth-order valence-electron chi connectivity index (χ4n) is 4.60. The van der Waals surface area contributed by atoms with Gasteiger partial charge in [-0.3, -0.25) is 19.3 Å². The first-order valence-electron chi connectivity index (χ1n) is 11.2. The van der Waals surface area contributed by atoms with Crippen molar-refractivity contribution in [2.75, 3.05) is 13.2 Å². The largest absolute Gasteiger partial charge is 0.465 e. The third-order valence-electron chi connectivity index (χ3n) is 6.19. The molecule has 6 nitrogen and oxygen atoms in total. The molecule has 0 N–H and O–H groups in total. The Hall–Kier alpha value is -2.21. The number of nitrogens with zero attached hydrogens (tertiary/aromatic N) is 1. The number of hydrogen-bond donors (Lipinski definition) is 0. The van der Waals surface area contributed by atoms with E-state index in [0.717, 1.165) is 31.2 Å². The molecule has 2 aliphatic rings. The van der Waals surface area contributed by atoms with Crippen LogP contribution in [0.5, 0.6) is 0 Å². The van der Waals surface area contributed by atoms with Gasteiger partial charge in [0.1, 0.15) is 11.8 Å². The number of esters is 2. The number of rotatable bonds is 10. The molecule has 2 aliphatic heterocycles. The summed E-state index contributed by atoms with van der Waals surface area (Å²) in [6.07, 6.45) is 4.74. The Labute approximate surface area is 178 Å². The van der Waals surface area contributed by atoms with E-state index in [1.165, 1.54) is 0 Å². The van der Waals surface area contributed by atoms with Crippen LogP contribution in [0.25, 0.3) is 0 Å². The van der Waals surface area contributed by atoms with Gasteiger partial charge >= 0.3 is 11.9 Å². The zero-order valence-corrected chi connectivity index (χ0v) is 18.0. The number of carbonyl (C=O) groups excluding carboxylic acids is 3. The molecule has 2 unspecified atom stereocenters. The molecule has 1 aromatic carbocycles. The third kappa shape index (κ3) is 4.91. The van der Waals surface area contributed by atoms with E-state index in [4.69, 9.17) is 9.47 Å². The topological polar surface area (TPSA) is 72.9 Å². The first kappa shape index (κ1) is 22.5. The maximum Gasteiger partial charge on any atom is 0.318 e. The van der Waals surface area contributed by atoms with Gasteiger partial charge in [-0.1, -0.05) is 57.0 Å². The molecule has 2 bridgehead atoms. The monoisotopic (exact) mass is 415 g/mol. The smallest absolute Gasteiger partial charge is 0.318 e. The Morgan fingerprint density at radius 3 is 1.87 bits per heavy atom. The predicted octanol–water partition coefficient (Wildman–Crippen LogP) is 3.52. The summed E-state index contributed by atoms with van der Waals surface area (Å²) >= 11 is 0. The Bertz CT molecular complexity index is 694. The van der Waals surface area contributed by atoms with E-state index in [1.807, 2.05) is 44.2 Å². The van der Waals surface area contributed by atoms with E-state index in [-0.39, 0.29) is 17.9 Å². The van der Waals surface area contributed by atoms with E-state index < -0.39 is 23.8 Å². The Morgan fingerprint density at radius 2 is 1.40 bits per heavy atom. The second kappa shape index (κ2) is 10.7. The summed E-state index contributed by atoms with van der Waals surface area (Å²) in [6, 6.07) is 9.50. The van der Waals surface area contributed by atoms with Crippen LogP contribution in [0, 0.1) is 11.8 Å². The van der Waals surface area contributed by atoms with Crippen molar-refractivity contribution in [1.29, 1.82) is 0 Å². The summed E-state index contributed by atoms with van der Waals surface area (Å²) in [5, 5.41) is 0. The van der Waals surface area contributed by atoms with Gasteiger partial charge in [0.25, 0.3) is 0 Å². The molecular weight excluding hydrogens is 382 g/mol. The van der Waals surface area contributed by atoms with Gasteiger partial charge in [0, 0.05) is 18.6 Å². The van der Waals surface area contributed by atoms with Crippen molar-refractivity contribution < 1.29 is 23.9 Å². The zero-order chi connectivity index (χ0) is 21.5. The van der Waals surface area contributed by atoms with Crippen molar-refractivity contribution in [2.45, 2.75) is 71.0 Å². The van der Waals surface area contributed by atoms with Crippen LogP contribution in [-0.4, -0.2) is 47.9 Å². The minimum absolute atomic E-state index is 0.225. The number of hydrogen-bond acceptors (Lipinski definition) is 6. The van der Waals surface area contributed by atoms with Gasteiger partial charge < -0.3 is 9.47 Å². The van der Waals surface area contributed by atoms with Gasteiger partial charge in [0.05, 0.1) is 13.2 Å². The minimum atomic E-state index is -0.923. The lowest BCUT2D eigenvalue weighted by molar-refractivity contribution is -0.166. The van der Waals surface area contributed by atoms with Crippen molar-refractivity contribution in [3.8, 4) is 0 Å². The molecule has 1 aromatic rings. The molecular formula is C24H33NO5. The SMILES string of the molecule is CCCCOC(=O)C1C(=O)C(C(=O)OCCCC)[C@@H]2CC[C@H]1N2Cc1ccccc1. The molecule has 0 aliphatic carbocycles. The minimum Gasteiger partial charge on any atom is -0.465 e. The number of carbonyl (C=O) groups is 3. The highest BCUT2D eigenvalue weighted by molar-refractivity contribution is 6.10. The molecule has 2 fully saturated rings. The average molecular weight is 416 g/mol. The molecule has 0 amide bonds. The highest BCUT2D eigenvalue weighted by Crippen LogP contribution is 2.42. The van der Waals surface area contributed by atoms with Crippen LogP contribution >= 0.6 is 0 Å². The van der Waals surface area contributed by atoms with Crippen LogP contribution in [0.3, 0.4) is 0 Å². The predicted molar refractivity (Wildman–Crippen MR) is 113 cm³/mol. The molecule has 0 spiro atoms. The number of fused-ring (bicyclic) bond motifs is 2. The van der Waals surface area contributed by atoms with Crippen LogP contribution in [0.4, 0.5) is 0 Å². The van der Waals surface area contributed by atoms with E-state index in [1.54, 1.807) is 0 Å². The molecule has 2 heterocycles. The Balaban J connectivity index is 1.84. The van der Waals surface area contributed by atoms with Gasteiger partial charge in [0.2, 0.25) is 0 Å². The number of ketones is 1. The highest BCUT2D eigenvalue weighted by Gasteiger charge is 2.58. The quantitative estimate of drug-likeness (QED) is 0.331. The van der Waals surface area contributed by atoms with E-state index in [9.17, 15) is 14.4 Å². The molecule has 6 heteroatoms. The molecule has 0 saturated carbocycles. The van der Waals surface area contributed by atoms with Gasteiger partial charge in [-0.2, -0.15) is 0 Å². The zero-order valence-electron chi connectivity index (χ0n) is 18.0. The summed E-state index contributed by atoms with van der Waals surface area (Å²) in [5.41, 5.74) is 1.10. The van der Waals surface area contributed by atoms with Gasteiger partial charge in [0.15, 0.2) is 5.78 Å². The lowest BCUT2D eigenvalue weighted by Gasteiger charge is -2.41. The Kier molecular flexibility index (Phi) is 8.02. The maximum atomic E-state index is 13.3. The molecule has 2 saturated heterocycles. The van der Waals surface area contributed by atoms with E-state index in [2.05, 4.69) is 4.90 Å². The lowest BCUT2D eigenvalue weighted by Crippen LogP contribution is -2.58. The molecule has 0 radical (unpaired) electrons. The van der Waals surface area contributed by atoms with Crippen LogP contribution in [0.1, 0.15) is 57.9 Å².